The molecule has 0 saturated carbocycles. The number of ether oxygens (including phenoxy) is 2. The van der Waals surface area contributed by atoms with E-state index in [4.69, 9.17) is 15.2 Å². The lowest BCUT2D eigenvalue weighted by atomic mass is 9.79. The Balaban J connectivity index is 2.30. The highest BCUT2D eigenvalue weighted by atomic mass is 16.5. The van der Waals surface area contributed by atoms with E-state index in [0.29, 0.717) is 45.8 Å². The fourth-order valence-electron chi connectivity index (χ4n) is 1.91. The predicted molar refractivity (Wildman–Crippen MR) is 65.3 cm³/mol. The fourth-order valence-corrected chi connectivity index (χ4v) is 1.91. The molecule has 0 atom stereocenters. The van der Waals surface area contributed by atoms with Crippen molar-refractivity contribution in [1.29, 1.82) is 0 Å². The van der Waals surface area contributed by atoms with Crippen LogP contribution in [0.4, 0.5) is 0 Å². The molecule has 98 valence electrons. The first kappa shape index (κ1) is 14.0. The van der Waals surface area contributed by atoms with Crippen molar-refractivity contribution in [3.05, 3.63) is 12.8 Å². The van der Waals surface area contributed by atoms with E-state index < -0.39 is 5.41 Å². The Labute approximate surface area is 102 Å². The Morgan fingerprint density at radius 1 is 1.53 bits per heavy atom. The van der Waals surface area contributed by atoms with Crippen molar-refractivity contribution in [2.75, 3.05) is 32.9 Å². The first-order valence-corrected chi connectivity index (χ1v) is 6.04. The molecule has 0 spiro atoms. The van der Waals surface area contributed by atoms with Crippen LogP contribution in [0.5, 0.6) is 0 Å². The Kier molecular flexibility index (Phi) is 6.00. The molecular formula is C12H22N2O3. The second-order valence-corrected chi connectivity index (χ2v) is 4.24. The summed E-state index contributed by atoms with van der Waals surface area (Å²) in [4.78, 5) is 12.1. The molecule has 0 aromatic heterocycles. The van der Waals surface area contributed by atoms with Gasteiger partial charge in [-0.3, -0.25) is 4.79 Å². The number of amides is 1. The molecule has 0 aromatic rings. The van der Waals surface area contributed by atoms with Gasteiger partial charge in [-0.2, -0.15) is 0 Å². The minimum Gasteiger partial charge on any atom is -0.502 e. The van der Waals surface area contributed by atoms with Crippen LogP contribution in [-0.4, -0.2) is 38.8 Å². The molecule has 3 N–H and O–H groups in total. The molecule has 0 aliphatic carbocycles. The van der Waals surface area contributed by atoms with E-state index in [1.54, 1.807) is 0 Å². The molecule has 1 saturated heterocycles. The van der Waals surface area contributed by atoms with E-state index in [9.17, 15) is 4.79 Å². The number of carbonyl (C=O) groups is 1. The summed E-state index contributed by atoms with van der Waals surface area (Å²) in [5.41, 5.74) is 5.30. The van der Waals surface area contributed by atoms with Crippen LogP contribution < -0.4 is 11.1 Å². The van der Waals surface area contributed by atoms with Crippen LogP contribution in [0.1, 0.15) is 19.3 Å². The topological polar surface area (TPSA) is 73.6 Å². The van der Waals surface area contributed by atoms with Gasteiger partial charge in [-0.05, 0) is 19.3 Å². The molecule has 17 heavy (non-hydrogen) atoms. The van der Waals surface area contributed by atoms with Crippen LogP contribution in [-0.2, 0) is 14.3 Å². The minimum atomic E-state index is -0.433. The van der Waals surface area contributed by atoms with Crippen LogP contribution in [0.15, 0.2) is 12.8 Å². The monoisotopic (exact) mass is 242 g/mol. The van der Waals surface area contributed by atoms with Gasteiger partial charge in [0.25, 0.3) is 0 Å². The molecule has 5 heteroatoms. The van der Waals surface area contributed by atoms with E-state index in [0.717, 1.165) is 6.42 Å². The lowest BCUT2D eigenvalue weighted by molar-refractivity contribution is -0.135. The first-order chi connectivity index (χ1) is 8.25. The van der Waals surface area contributed by atoms with Gasteiger partial charge in [-0.1, -0.05) is 6.58 Å². The molecule has 0 unspecified atom stereocenters. The van der Waals surface area contributed by atoms with Crippen molar-refractivity contribution in [1.82, 2.24) is 5.32 Å². The predicted octanol–water partition coefficient (Wildman–Crippen LogP) is 0.408. The second kappa shape index (κ2) is 7.29. The van der Waals surface area contributed by atoms with Crippen LogP contribution in [0.2, 0.25) is 0 Å². The molecule has 1 heterocycles. The Hall–Kier alpha value is -1.07. The molecule has 1 amide bonds. The average Bonchev–Trinajstić information content (AvgIpc) is 2.39. The summed E-state index contributed by atoms with van der Waals surface area (Å²) < 4.78 is 10.2. The van der Waals surface area contributed by atoms with Gasteiger partial charge in [-0.15, -0.1) is 0 Å². The highest BCUT2D eigenvalue weighted by molar-refractivity contribution is 5.83. The van der Waals surface area contributed by atoms with Crippen molar-refractivity contribution in [3.63, 3.8) is 0 Å². The second-order valence-electron chi connectivity index (χ2n) is 4.24. The Bertz CT molecular complexity index is 250. The van der Waals surface area contributed by atoms with Crippen LogP contribution in [0.25, 0.3) is 0 Å². The summed E-state index contributed by atoms with van der Waals surface area (Å²) in [5, 5.41) is 2.91. The molecule has 0 aromatic carbocycles. The zero-order valence-corrected chi connectivity index (χ0v) is 10.2. The third-order valence-electron chi connectivity index (χ3n) is 3.16. The molecule has 1 aliphatic rings. The van der Waals surface area contributed by atoms with Crippen molar-refractivity contribution in [2.45, 2.75) is 19.3 Å². The van der Waals surface area contributed by atoms with Crippen LogP contribution in [0.3, 0.4) is 0 Å². The van der Waals surface area contributed by atoms with E-state index in [1.807, 2.05) is 0 Å². The van der Waals surface area contributed by atoms with E-state index in [1.165, 1.54) is 6.26 Å². The number of nitrogens with one attached hydrogen (secondary N) is 1. The lowest BCUT2D eigenvalue weighted by Crippen LogP contribution is -2.49. The number of nitrogens with two attached hydrogens (primary N) is 1. The highest BCUT2D eigenvalue weighted by Gasteiger charge is 2.38. The summed E-state index contributed by atoms with van der Waals surface area (Å²) in [7, 11) is 0. The van der Waals surface area contributed by atoms with Crippen LogP contribution >= 0.6 is 0 Å². The Morgan fingerprint density at radius 3 is 2.82 bits per heavy atom. The fraction of sp³-hybridized carbons (Fsp3) is 0.750. The number of rotatable bonds is 7. The van der Waals surface area contributed by atoms with Crippen molar-refractivity contribution < 1.29 is 14.3 Å². The summed E-state index contributed by atoms with van der Waals surface area (Å²) in [6.45, 7) is 6.24. The molecule has 1 aliphatic heterocycles. The largest absolute Gasteiger partial charge is 0.502 e. The molecule has 0 bridgehead atoms. The van der Waals surface area contributed by atoms with Gasteiger partial charge in [0.1, 0.15) is 0 Å². The smallest absolute Gasteiger partial charge is 0.227 e. The average molecular weight is 242 g/mol. The van der Waals surface area contributed by atoms with E-state index >= 15 is 0 Å². The van der Waals surface area contributed by atoms with Crippen LogP contribution in [0, 0.1) is 5.41 Å². The van der Waals surface area contributed by atoms with Crippen molar-refractivity contribution >= 4 is 5.91 Å². The zero-order chi connectivity index (χ0) is 12.6. The Morgan fingerprint density at radius 2 is 2.24 bits per heavy atom. The van der Waals surface area contributed by atoms with Gasteiger partial charge in [0.05, 0.1) is 18.3 Å². The SMILES string of the molecule is C=COCCCNC(=O)C1(CN)CCOCC1. The van der Waals surface area contributed by atoms with Crippen molar-refractivity contribution in [3.8, 4) is 0 Å². The van der Waals surface area contributed by atoms with Crippen molar-refractivity contribution in [2.24, 2.45) is 11.1 Å². The molecular weight excluding hydrogens is 220 g/mol. The zero-order valence-electron chi connectivity index (χ0n) is 10.2. The van der Waals surface area contributed by atoms with Gasteiger partial charge in [0, 0.05) is 26.3 Å². The summed E-state index contributed by atoms with van der Waals surface area (Å²) >= 11 is 0. The summed E-state index contributed by atoms with van der Waals surface area (Å²) in [6, 6.07) is 0. The lowest BCUT2D eigenvalue weighted by Gasteiger charge is -2.34. The maximum atomic E-state index is 12.1. The first-order valence-electron chi connectivity index (χ1n) is 6.04. The van der Waals surface area contributed by atoms with Gasteiger partial charge in [-0.25, -0.2) is 0 Å². The summed E-state index contributed by atoms with van der Waals surface area (Å²) in [5.74, 6) is 0.0434. The molecule has 1 rings (SSSR count). The molecule has 5 nitrogen and oxygen atoms in total. The van der Waals surface area contributed by atoms with Gasteiger partial charge in [0.2, 0.25) is 5.91 Å². The third-order valence-corrected chi connectivity index (χ3v) is 3.16. The molecule has 1 fully saturated rings. The third kappa shape index (κ3) is 4.02. The summed E-state index contributed by atoms with van der Waals surface area (Å²) in [6.07, 6.45) is 3.59. The highest BCUT2D eigenvalue weighted by Crippen LogP contribution is 2.29. The minimum absolute atomic E-state index is 0.0434. The maximum absolute atomic E-state index is 12.1. The normalized spacial score (nSPS) is 18.4. The maximum Gasteiger partial charge on any atom is 0.227 e. The number of carbonyl (C=O) groups excluding carboxylic acids is 1. The molecule has 0 radical (unpaired) electrons. The van der Waals surface area contributed by atoms with Gasteiger partial charge >= 0.3 is 0 Å². The van der Waals surface area contributed by atoms with Gasteiger partial charge < -0.3 is 20.5 Å². The van der Waals surface area contributed by atoms with Gasteiger partial charge in [0.15, 0.2) is 0 Å². The number of hydrogen-bond donors (Lipinski definition) is 2. The quantitative estimate of drug-likeness (QED) is 0.501. The van der Waals surface area contributed by atoms with E-state index in [2.05, 4.69) is 11.9 Å². The number of hydrogen-bond acceptors (Lipinski definition) is 4. The van der Waals surface area contributed by atoms with E-state index in [-0.39, 0.29) is 5.91 Å². The standard InChI is InChI=1S/C12H22N2O3/c1-2-16-7-3-6-14-11(15)12(10-13)4-8-17-9-5-12/h2H,1,3-10,13H2,(H,14,15).